The van der Waals surface area contributed by atoms with Crippen molar-refractivity contribution in [3.05, 3.63) is 35.4 Å². The standard InChI is InChI=1S/C10H20O.C8H7ClO/c1-2-3-4-5-6-7-10-8-9-11-10;1-6-3-2-4-7(5-6)8(9)10/h10H,2-9H2,1H3;2-5H,1H3. The molecule has 0 aliphatic carbocycles. The molecule has 0 amide bonds. The second kappa shape index (κ2) is 10.8. The van der Waals surface area contributed by atoms with Crippen LogP contribution in [0.15, 0.2) is 24.3 Å². The van der Waals surface area contributed by atoms with Crippen LogP contribution in [0.3, 0.4) is 0 Å². The molecule has 0 saturated carbocycles. The number of rotatable bonds is 7. The van der Waals surface area contributed by atoms with Gasteiger partial charge in [-0.2, -0.15) is 0 Å². The third-order valence-electron chi connectivity index (χ3n) is 3.67. The van der Waals surface area contributed by atoms with E-state index in [0.717, 1.165) is 12.2 Å². The Balaban J connectivity index is 0.000000211. The molecule has 118 valence electrons. The number of aryl methyl sites for hydroxylation is 1. The zero-order chi connectivity index (χ0) is 15.5. The Morgan fingerprint density at radius 3 is 2.48 bits per heavy atom. The van der Waals surface area contributed by atoms with Crippen LogP contribution in [0.25, 0.3) is 0 Å². The Morgan fingerprint density at radius 2 is 2.00 bits per heavy atom. The summed E-state index contributed by atoms with van der Waals surface area (Å²) in [6.45, 7) is 5.19. The van der Waals surface area contributed by atoms with Crippen LogP contribution in [0.2, 0.25) is 0 Å². The van der Waals surface area contributed by atoms with Crippen molar-refractivity contribution < 1.29 is 9.53 Å². The van der Waals surface area contributed by atoms with Crippen molar-refractivity contribution in [2.45, 2.75) is 64.9 Å². The molecule has 0 bridgehead atoms. The fourth-order valence-electron chi connectivity index (χ4n) is 2.26. The predicted octanol–water partition coefficient (Wildman–Crippen LogP) is 5.51. The fraction of sp³-hybridized carbons (Fsp3) is 0.611. The first-order chi connectivity index (χ1) is 10.1. The number of ether oxygens (including phenoxy) is 1. The second-order valence-electron chi connectivity index (χ2n) is 5.63. The molecule has 21 heavy (non-hydrogen) atoms. The SMILES string of the molecule is CCCCCCCC1CCO1.Cc1cccc(C(=O)Cl)c1. The van der Waals surface area contributed by atoms with Gasteiger partial charge in [0.15, 0.2) is 0 Å². The summed E-state index contributed by atoms with van der Waals surface area (Å²) < 4.78 is 5.34. The lowest BCUT2D eigenvalue weighted by Gasteiger charge is -2.26. The minimum Gasteiger partial charge on any atom is -0.378 e. The molecule has 0 radical (unpaired) electrons. The lowest BCUT2D eigenvalue weighted by molar-refractivity contribution is -0.0555. The lowest BCUT2D eigenvalue weighted by Crippen LogP contribution is -2.26. The van der Waals surface area contributed by atoms with Gasteiger partial charge >= 0.3 is 0 Å². The molecule has 1 aromatic rings. The highest BCUT2D eigenvalue weighted by molar-refractivity contribution is 6.67. The third-order valence-corrected chi connectivity index (χ3v) is 3.89. The largest absolute Gasteiger partial charge is 0.378 e. The van der Waals surface area contributed by atoms with Gasteiger partial charge in [-0.05, 0) is 37.4 Å². The maximum absolute atomic E-state index is 10.6. The number of benzene rings is 1. The van der Waals surface area contributed by atoms with E-state index < -0.39 is 5.24 Å². The van der Waals surface area contributed by atoms with Crippen molar-refractivity contribution in [3.8, 4) is 0 Å². The molecule has 1 atom stereocenters. The Labute approximate surface area is 133 Å². The smallest absolute Gasteiger partial charge is 0.252 e. The molecule has 0 N–H and O–H groups in total. The van der Waals surface area contributed by atoms with E-state index in [1.807, 2.05) is 19.1 Å². The number of carbonyl (C=O) groups excluding carboxylic acids is 1. The van der Waals surface area contributed by atoms with E-state index in [1.165, 1.54) is 44.9 Å². The van der Waals surface area contributed by atoms with Crippen LogP contribution in [0.4, 0.5) is 0 Å². The topological polar surface area (TPSA) is 26.3 Å². The zero-order valence-electron chi connectivity index (χ0n) is 13.2. The molecule has 1 fully saturated rings. The number of hydrogen-bond acceptors (Lipinski definition) is 2. The first kappa shape index (κ1) is 18.2. The Kier molecular flexibility index (Phi) is 9.36. The second-order valence-corrected chi connectivity index (χ2v) is 5.97. The zero-order valence-corrected chi connectivity index (χ0v) is 14.0. The Hall–Kier alpha value is -0.860. The molecule has 1 saturated heterocycles. The number of hydrogen-bond donors (Lipinski definition) is 0. The summed E-state index contributed by atoms with van der Waals surface area (Å²) in [5.74, 6) is 0. The third kappa shape index (κ3) is 8.23. The maximum Gasteiger partial charge on any atom is 0.252 e. The van der Waals surface area contributed by atoms with E-state index in [-0.39, 0.29) is 0 Å². The van der Waals surface area contributed by atoms with Crippen LogP contribution in [-0.4, -0.2) is 18.0 Å². The van der Waals surface area contributed by atoms with E-state index in [1.54, 1.807) is 12.1 Å². The molecule has 0 spiro atoms. The molecule has 1 heterocycles. The van der Waals surface area contributed by atoms with Gasteiger partial charge in [0.1, 0.15) is 0 Å². The molecule has 3 heteroatoms. The molecule has 2 nitrogen and oxygen atoms in total. The Morgan fingerprint density at radius 1 is 1.29 bits per heavy atom. The van der Waals surface area contributed by atoms with Gasteiger partial charge in [-0.1, -0.05) is 62.8 Å². The van der Waals surface area contributed by atoms with E-state index in [2.05, 4.69) is 6.92 Å². The summed E-state index contributed by atoms with van der Waals surface area (Å²) in [7, 11) is 0. The average molecular weight is 311 g/mol. The van der Waals surface area contributed by atoms with Gasteiger partial charge in [-0.3, -0.25) is 4.79 Å². The van der Waals surface area contributed by atoms with Gasteiger partial charge in [0, 0.05) is 12.2 Å². The molecule has 1 aromatic carbocycles. The van der Waals surface area contributed by atoms with Gasteiger partial charge in [0.25, 0.3) is 5.24 Å². The molecule has 1 unspecified atom stereocenters. The fourth-order valence-corrected chi connectivity index (χ4v) is 2.37. The van der Waals surface area contributed by atoms with Crippen molar-refractivity contribution in [2.24, 2.45) is 0 Å². The summed E-state index contributed by atoms with van der Waals surface area (Å²) in [5.41, 5.74) is 1.60. The molecular weight excluding hydrogens is 284 g/mol. The summed E-state index contributed by atoms with van der Waals surface area (Å²) in [5, 5.41) is -0.399. The predicted molar refractivity (Wildman–Crippen MR) is 89.1 cm³/mol. The Bertz CT molecular complexity index is 413. The first-order valence-corrected chi connectivity index (χ1v) is 8.39. The molecular formula is C18H27ClO2. The van der Waals surface area contributed by atoms with Crippen molar-refractivity contribution in [2.75, 3.05) is 6.61 Å². The van der Waals surface area contributed by atoms with E-state index in [9.17, 15) is 4.79 Å². The number of carbonyl (C=O) groups is 1. The van der Waals surface area contributed by atoms with Crippen LogP contribution in [0.5, 0.6) is 0 Å². The van der Waals surface area contributed by atoms with E-state index >= 15 is 0 Å². The van der Waals surface area contributed by atoms with Crippen LogP contribution in [0, 0.1) is 6.92 Å². The molecule has 1 aliphatic rings. The monoisotopic (exact) mass is 310 g/mol. The van der Waals surface area contributed by atoms with Crippen LogP contribution < -0.4 is 0 Å². The van der Waals surface area contributed by atoms with E-state index in [4.69, 9.17) is 16.3 Å². The number of halogens is 1. The average Bonchev–Trinajstić information content (AvgIpc) is 2.41. The molecule has 2 rings (SSSR count). The van der Waals surface area contributed by atoms with Crippen molar-refractivity contribution in [1.29, 1.82) is 0 Å². The number of unbranched alkanes of at least 4 members (excludes halogenated alkanes) is 4. The van der Waals surface area contributed by atoms with Gasteiger partial charge in [0.05, 0.1) is 6.10 Å². The van der Waals surface area contributed by atoms with Gasteiger partial charge in [-0.15, -0.1) is 0 Å². The maximum atomic E-state index is 10.6. The van der Waals surface area contributed by atoms with Crippen LogP contribution >= 0.6 is 11.6 Å². The normalized spacial score (nSPS) is 16.6. The summed E-state index contributed by atoms with van der Waals surface area (Å²) in [4.78, 5) is 10.6. The minimum atomic E-state index is -0.399. The van der Waals surface area contributed by atoms with Crippen LogP contribution in [-0.2, 0) is 4.74 Å². The first-order valence-electron chi connectivity index (χ1n) is 8.01. The van der Waals surface area contributed by atoms with Gasteiger partial charge < -0.3 is 4.74 Å². The van der Waals surface area contributed by atoms with Crippen molar-refractivity contribution >= 4 is 16.8 Å². The minimum absolute atomic E-state index is 0.399. The van der Waals surface area contributed by atoms with Gasteiger partial charge in [0.2, 0.25) is 0 Å². The van der Waals surface area contributed by atoms with Crippen molar-refractivity contribution in [3.63, 3.8) is 0 Å². The highest BCUT2D eigenvalue weighted by Crippen LogP contribution is 2.18. The molecule has 1 aliphatic heterocycles. The van der Waals surface area contributed by atoms with Crippen molar-refractivity contribution in [1.82, 2.24) is 0 Å². The summed E-state index contributed by atoms with van der Waals surface area (Å²) >= 11 is 5.24. The summed E-state index contributed by atoms with van der Waals surface area (Å²) in [6, 6.07) is 7.19. The van der Waals surface area contributed by atoms with E-state index in [0.29, 0.717) is 11.7 Å². The summed E-state index contributed by atoms with van der Waals surface area (Å²) in [6.07, 6.45) is 10.2. The highest BCUT2D eigenvalue weighted by Gasteiger charge is 2.16. The van der Waals surface area contributed by atoms with Crippen LogP contribution in [0.1, 0.15) is 67.8 Å². The van der Waals surface area contributed by atoms with Gasteiger partial charge in [-0.25, -0.2) is 0 Å². The molecule has 0 aromatic heterocycles. The quantitative estimate of drug-likeness (QED) is 0.490. The lowest BCUT2D eigenvalue weighted by atomic mass is 10.0. The highest BCUT2D eigenvalue weighted by atomic mass is 35.5.